The summed E-state index contributed by atoms with van der Waals surface area (Å²) in [6, 6.07) is 21.2. The molecule has 1 N–H and O–H groups in total. The van der Waals surface area contributed by atoms with E-state index in [0.717, 1.165) is 6.54 Å². The Morgan fingerprint density at radius 3 is 2.22 bits per heavy atom. The molecule has 92 valence electrons. The van der Waals surface area contributed by atoms with Crippen molar-refractivity contribution in [2.75, 3.05) is 6.54 Å². The Bertz CT molecular complexity index is 473. The van der Waals surface area contributed by atoms with Gasteiger partial charge in [0, 0.05) is 12.6 Å². The van der Waals surface area contributed by atoms with Gasteiger partial charge in [-0.15, -0.1) is 0 Å². The molecule has 2 aromatic rings. The fraction of sp³-hybridized carbons (Fsp3) is 0.176. The SMILES string of the molecule is C[C@H](NC/C=C\c1ccccc1)c1ccccc1. The maximum Gasteiger partial charge on any atom is 0.0294 e. The third-order valence-electron chi connectivity index (χ3n) is 2.95. The van der Waals surface area contributed by atoms with Crippen molar-refractivity contribution in [3.63, 3.8) is 0 Å². The lowest BCUT2D eigenvalue weighted by molar-refractivity contribution is 0.618. The molecule has 0 saturated carbocycles. The van der Waals surface area contributed by atoms with E-state index in [1.54, 1.807) is 0 Å². The molecule has 0 unspecified atom stereocenters. The van der Waals surface area contributed by atoms with E-state index in [4.69, 9.17) is 0 Å². The van der Waals surface area contributed by atoms with Crippen LogP contribution in [0.15, 0.2) is 66.7 Å². The van der Waals surface area contributed by atoms with Crippen LogP contribution in [0.25, 0.3) is 6.08 Å². The lowest BCUT2D eigenvalue weighted by Gasteiger charge is -2.12. The average molecular weight is 237 g/mol. The summed E-state index contributed by atoms with van der Waals surface area (Å²) < 4.78 is 0. The number of benzene rings is 2. The van der Waals surface area contributed by atoms with Crippen LogP contribution in [0, 0.1) is 0 Å². The molecule has 0 saturated heterocycles. The molecule has 0 fully saturated rings. The molecule has 0 radical (unpaired) electrons. The minimum absolute atomic E-state index is 0.381. The van der Waals surface area contributed by atoms with Crippen molar-refractivity contribution < 1.29 is 0 Å². The summed E-state index contributed by atoms with van der Waals surface area (Å²) in [7, 11) is 0. The van der Waals surface area contributed by atoms with E-state index >= 15 is 0 Å². The topological polar surface area (TPSA) is 12.0 Å². The Morgan fingerprint density at radius 2 is 1.56 bits per heavy atom. The van der Waals surface area contributed by atoms with E-state index in [2.05, 4.69) is 72.9 Å². The monoisotopic (exact) mass is 237 g/mol. The number of hydrogen-bond acceptors (Lipinski definition) is 1. The molecule has 0 bridgehead atoms. The minimum Gasteiger partial charge on any atom is -0.307 e. The number of nitrogens with one attached hydrogen (secondary N) is 1. The second-order valence-electron chi connectivity index (χ2n) is 4.35. The molecule has 0 aliphatic heterocycles. The van der Waals surface area contributed by atoms with Crippen molar-refractivity contribution in [1.29, 1.82) is 0 Å². The van der Waals surface area contributed by atoms with Crippen LogP contribution in [0.3, 0.4) is 0 Å². The van der Waals surface area contributed by atoms with E-state index in [9.17, 15) is 0 Å². The molecule has 0 aromatic heterocycles. The summed E-state index contributed by atoms with van der Waals surface area (Å²) in [5.74, 6) is 0. The Labute approximate surface area is 109 Å². The largest absolute Gasteiger partial charge is 0.307 e. The molecule has 0 spiro atoms. The smallest absolute Gasteiger partial charge is 0.0294 e. The predicted octanol–water partition coefficient (Wildman–Crippen LogP) is 4.05. The summed E-state index contributed by atoms with van der Waals surface area (Å²) in [6.07, 6.45) is 4.31. The summed E-state index contributed by atoms with van der Waals surface area (Å²) in [5, 5.41) is 3.48. The third-order valence-corrected chi connectivity index (χ3v) is 2.95. The second-order valence-corrected chi connectivity index (χ2v) is 4.35. The van der Waals surface area contributed by atoms with Gasteiger partial charge in [0.2, 0.25) is 0 Å². The number of hydrogen-bond donors (Lipinski definition) is 1. The van der Waals surface area contributed by atoms with E-state index in [1.165, 1.54) is 11.1 Å². The second kappa shape index (κ2) is 6.77. The van der Waals surface area contributed by atoms with Crippen LogP contribution >= 0.6 is 0 Å². The first kappa shape index (κ1) is 12.6. The van der Waals surface area contributed by atoms with Gasteiger partial charge in [-0.05, 0) is 18.1 Å². The summed E-state index contributed by atoms with van der Waals surface area (Å²) >= 11 is 0. The first-order valence-corrected chi connectivity index (χ1v) is 6.36. The highest BCUT2D eigenvalue weighted by molar-refractivity contribution is 5.48. The molecule has 2 aromatic carbocycles. The van der Waals surface area contributed by atoms with Crippen LogP contribution in [0.5, 0.6) is 0 Å². The highest BCUT2D eigenvalue weighted by Gasteiger charge is 2.00. The minimum atomic E-state index is 0.381. The van der Waals surface area contributed by atoms with Gasteiger partial charge < -0.3 is 5.32 Å². The Kier molecular flexibility index (Phi) is 4.74. The normalized spacial score (nSPS) is 12.7. The molecule has 0 aliphatic rings. The summed E-state index contributed by atoms with van der Waals surface area (Å²) in [5.41, 5.74) is 2.57. The van der Waals surface area contributed by atoms with Gasteiger partial charge in [-0.3, -0.25) is 0 Å². The van der Waals surface area contributed by atoms with Gasteiger partial charge in [-0.2, -0.15) is 0 Å². The van der Waals surface area contributed by atoms with Crippen molar-refractivity contribution in [2.45, 2.75) is 13.0 Å². The van der Waals surface area contributed by atoms with E-state index in [-0.39, 0.29) is 0 Å². The van der Waals surface area contributed by atoms with Gasteiger partial charge in [-0.1, -0.05) is 72.8 Å². The van der Waals surface area contributed by atoms with E-state index in [0.29, 0.717) is 6.04 Å². The zero-order chi connectivity index (χ0) is 12.6. The standard InChI is InChI=1S/C17H19N/c1-15(17-12-6-3-7-13-17)18-14-8-11-16-9-4-2-5-10-16/h2-13,15,18H,14H2,1H3/b11-8-/t15-/m0/s1. The van der Waals surface area contributed by atoms with E-state index in [1.807, 2.05) is 12.1 Å². The fourth-order valence-corrected chi connectivity index (χ4v) is 1.86. The molecule has 0 heterocycles. The lowest BCUT2D eigenvalue weighted by atomic mass is 10.1. The summed E-state index contributed by atoms with van der Waals surface area (Å²) in [4.78, 5) is 0. The Morgan fingerprint density at radius 1 is 0.944 bits per heavy atom. The van der Waals surface area contributed by atoms with Crippen molar-refractivity contribution in [2.24, 2.45) is 0 Å². The highest BCUT2D eigenvalue weighted by atomic mass is 14.9. The van der Waals surface area contributed by atoms with E-state index < -0.39 is 0 Å². The van der Waals surface area contributed by atoms with Gasteiger partial charge in [-0.25, -0.2) is 0 Å². The van der Waals surface area contributed by atoms with Gasteiger partial charge in [0.25, 0.3) is 0 Å². The lowest BCUT2D eigenvalue weighted by Crippen LogP contribution is -2.18. The van der Waals surface area contributed by atoms with Crippen LogP contribution in [-0.4, -0.2) is 6.54 Å². The van der Waals surface area contributed by atoms with Crippen molar-refractivity contribution in [1.82, 2.24) is 5.32 Å². The van der Waals surface area contributed by atoms with Gasteiger partial charge in [0.15, 0.2) is 0 Å². The van der Waals surface area contributed by atoms with Crippen LogP contribution in [0.2, 0.25) is 0 Å². The summed E-state index contributed by atoms with van der Waals surface area (Å²) in [6.45, 7) is 3.07. The first-order valence-electron chi connectivity index (χ1n) is 6.36. The number of rotatable bonds is 5. The maximum absolute atomic E-state index is 3.48. The fourth-order valence-electron chi connectivity index (χ4n) is 1.86. The first-order chi connectivity index (χ1) is 8.86. The maximum atomic E-state index is 3.48. The molecule has 0 aliphatic carbocycles. The zero-order valence-electron chi connectivity index (χ0n) is 10.7. The predicted molar refractivity (Wildman–Crippen MR) is 78.3 cm³/mol. The molecule has 1 nitrogen and oxygen atoms in total. The molecule has 0 amide bonds. The van der Waals surface area contributed by atoms with Crippen molar-refractivity contribution >= 4 is 6.08 Å². The van der Waals surface area contributed by atoms with Crippen LogP contribution < -0.4 is 5.32 Å². The molecular formula is C17H19N. The molecule has 1 heteroatoms. The third kappa shape index (κ3) is 3.86. The molecule has 1 atom stereocenters. The van der Waals surface area contributed by atoms with Crippen LogP contribution in [0.1, 0.15) is 24.1 Å². The Balaban J connectivity index is 1.81. The van der Waals surface area contributed by atoms with Crippen molar-refractivity contribution in [3.05, 3.63) is 77.9 Å². The van der Waals surface area contributed by atoms with Gasteiger partial charge >= 0.3 is 0 Å². The quantitative estimate of drug-likeness (QED) is 0.827. The van der Waals surface area contributed by atoms with Gasteiger partial charge in [0.1, 0.15) is 0 Å². The van der Waals surface area contributed by atoms with Crippen LogP contribution in [-0.2, 0) is 0 Å². The van der Waals surface area contributed by atoms with Crippen molar-refractivity contribution in [3.8, 4) is 0 Å². The van der Waals surface area contributed by atoms with Crippen LogP contribution in [0.4, 0.5) is 0 Å². The van der Waals surface area contributed by atoms with Gasteiger partial charge in [0.05, 0.1) is 0 Å². The highest BCUT2D eigenvalue weighted by Crippen LogP contribution is 2.10. The molecular weight excluding hydrogens is 218 g/mol. The zero-order valence-corrected chi connectivity index (χ0v) is 10.7. The molecule has 18 heavy (non-hydrogen) atoms. The molecule has 2 rings (SSSR count). The average Bonchev–Trinajstić information content (AvgIpc) is 2.45. The Hall–Kier alpha value is -1.86.